The van der Waals surface area contributed by atoms with E-state index >= 15 is 0 Å². The summed E-state index contributed by atoms with van der Waals surface area (Å²) < 4.78 is 4.62. The fourth-order valence-corrected chi connectivity index (χ4v) is 3.72. The first-order chi connectivity index (χ1) is 13.3. The van der Waals surface area contributed by atoms with Gasteiger partial charge in [0, 0.05) is 25.8 Å². The van der Waals surface area contributed by atoms with Crippen LogP contribution in [0.25, 0.3) is 0 Å². The Morgan fingerprint density at radius 2 is 1.93 bits per heavy atom. The van der Waals surface area contributed by atoms with Crippen molar-refractivity contribution in [3.05, 3.63) is 29.6 Å². The van der Waals surface area contributed by atoms with E-state index in [1.165, 1.54) is 25.4 Å². The molecule has 1 spiro atoms. The maximum Gasteiger partial charge on any atom is 0.339 e. The highest BCUT2D eigenvalue weighted by Crippen LogP contribution is 2.34. The number of carbonyl (C=O) groups is 4. The number of carbonyl (C=O) groups excluding carboxylic acids is 4. The SMILES string of the molecule is COC(=O)c1ccc(C(=O)N2CCC3(CC2)C(=O)NC(=O)N3CC(C)C)nc1. The second-order valence-corrected chi connectivity index (χ2v) is 7.51. The molecule has 4 amide bonds. The molecule has 2 aliphatic heterocycles. The number of imide groups is 1. The van der Waals surface area contributed by atoms with Crippen LogP contribution >= 0.6 is 0 Å². The number of nitrogens with one attached hydrogen (secondary N) is 1. The minimum Gasteiger partial charge on any atom is -0.465 e. The zero-order valence-corrected chi connectivity index (χ0v) is 16.2. The van der Waals surface area contributed by atoms with Gasteiger partial charge in [-0.3, -0.25) is 19.9 Å². The van der Waals surface area contributed by atoms with Crippen molar-refractivity contribution in [1.82, 2.24) is 20.1 Å². The van der Waals surface area contributed by atoms with Crippen LogP contribution in [0.5, 0.6) is 0 Å². The van der Waals surface area contributed by atoms with Gasteiger partial charge in [-0.05, 0) is 30.9 Å². The average Bonchev–Trinajstić information content (AvgIpc) is 2.91. The predicted octanol–water partition coefficient (Wildman–Crippen LogP) is 1.05. The summed E-state index contributed by atoms with van der Waals surface area (Å²) in [7, 11) is 1.28. The third-order valence-corrected chi connectivity index (χ3v) is 5.23. The number of ether oxygens (including phenoxy) is 1. The number of amides is 4. The molecule has 2 aliphatic rings. The highest BCUT2D eigenvalue weighted by molar-refractivity contribution is 6.07. The Bertz CT molecular complexity index is 797. The van der Waals surface area contributed by atoms with Crippen LogP contribution < -0.4 is 5.32 Å². The third-order valence-electron chi connectivity index (χ3n) is 5.23. The zero-order valence-electron chi connectivity index (χ0n) is 16.2. The van der Waals surface area contributed by atoms with Crippen LogP contribution in [0.4, 0.5) is 4.79 Å². The normalized spacial score (nSPS) is 18.6. The Morgan fingerprint density at radius 3 is 2.46 bits per heavy atom. The lowest BCUT2D eigenvalue weighted by Crippen LogP contribution is -2.58. The Morgan fingerprint density at radius 1 is 1.25 bits per heavy atom. The van der Waals surface area contributed by atoms with Crippen LogP contribution in [0, 0.1) is 5.92 Å². The van der Waals surface area contributed by atoms with Gasteiger partial charge in [0.25, 0.3) is 11.8 Å². The first-order valence-electron chi connectivity index (χ1n) is 9.25. The number of rotatable bonds is 4. The van der Waals surface area contributed by atoms with E-state index in [2.05, 4.69) is 15.0 Å². The van der Waals surface area contributed by atoms with Gasteiger partial charge in [-0.15, -0.1) is 0 Å². The molecule has 0 aliphatic carbocycles. The van der Waals surface area contributed by atoms with E-state index in [1.807, 2.05) is 13.8 Å². The standard InChI is InChI=1S/C19H24N4O5/c1-12(2)11-23-18(27)21-17(26)19(23)6-8-22(9-7-19)15(24)14-5-4-13(10-20-14)16(25)28-3/h4-5,10,12H,6-9,11H2,1-3H3,(H,21,26,27). The molecule has 1 aromatic rings. The molecule has 2 saturated heterocycles. The summed E-state index contributed by atoms with van der Waals surface area (Å²) in [5, 5.41) is 2.42. The Kier molecular flexibility index (Phi) is 5.35. The van der Waals surface area contributed by atoms with Crippen LogP contribution in [0.3, 0.4) is 0 Å². The lowest BCUT2D eigenvalue weighted by Gasteiger charge is -2.42. The summed E-state index contributed by atoms with van der Waals surface area (Å²) in [4.78, 5) is 56.2. The Balaban J connectivity index is 1.70. The van der Waals surface area contributed by atoms with Crippen LogP contribution in [0.15, 0.2) is 18.3 Å². The number of hydrogen-bond donors (Lipinski definition) is 1. The van der Waals surface area contributed by atoms with Crippen LogP contribution in [0.1, 0.15) is 47.5 Å². The molecular weight excluding hydrogens is 364 g/mol. The van der Waals surface area contributed by atoms with Gasteiger partial charge >= 0.3 is 12.0 Å². The number of pyridine rings is 1. The van der Waals surface area contributed by atoms with E-state index in [-0.39, 0.29) is 35.0 Å². The summed E-state index contributed by atoms with van der Waals surface area (Å²) in [6.07, 6.45) is 2.06. The van der Waals surface area contributed by atoms with E-state index in [0.29, 0.717) is 32.5 Å². The topological polar surface area (TPSA) is 109 Å². The first kappa shape index (κ1) is 19.8. The van der Waals surface area contributed by atoms with Gasteiger partial charge in [0.2, 0.25) is 0 Å². The van der Waals surface area contributed by atoms with Crippen molar-refractivity contribution < 1.29 is 23.9 Å². The van der Waals surface area contributed by atoms with E-state index in [9.17, 15) is 19.2 Å². The van der Waals surface area contributed by atoms with Crippen molar-refractivity contribution in [1.29, 1.82) is 0 Å². The van der Waals surface area contributed by atoms with E-state index in [0.717, 1.165) is 0 Å². The van der Waals surface area contributed by atoms with Gasteiger partial charge in [-0.1, -0.05) is 13.8 Å². The first-order valence-corrected chi connectivity index (χ1v) is 9.25. The minimum absolute atomic E-state index is 0.217. The Hall–Kier alpha value is -2.97. The van der Waals surface area contributed by atoms with E-state index in [4.69, 9.17) is 0 Å². The van der Waals surface area contributed by atoms with Gasteiger partial charge in [0.05, 0.1) is 12.7 Å². The molecule has 0 aromatic carbocycles. The fraction of sp³-hybridized carbons (Fsp3) is 0.526. The summed E-state index contributed by atoms with van der Waals surface area (Å²) in [6, 6.07) is 2.61. The smallest absolute Gasteiger partial charge is 0.339 e. The number of piperidine rings is 1. The number of hydrogen-bond acceptors (Lipinski definition) is 6. The third kappa shape index (κ3) is 3.44. The molecule has 0 atom stereocenters. The van der Waals surface area contributed by atoms with E-state index < -0.39 is 11.5 Å². The highest BCUT2D eigenvalue weighted by atomic mass is 16.5. The second kappa shape index (κ2) is 7.57. The van der Waals surface area contributed by atoms with Crippen molar-refractivity contribution in [3.8, 4) is 0 Å². The summed E-state index contributed by atoms with van der Waals surface area (Å²) >= 11 is 0. The number of likely N-dealkylation sites (tertiary alicyclic amines) is 1. The number of nitrogens with zero attached hydrogens (tertiary/aromatic N) is 3. The maximum atomic E-state index is 12.7. The quantitative estimate of drug-likeness (QED) is 0.610. The van der Waals surface area contributed by atoms with Gasteiger partial charge in [0.15, 0.2) is 0 Å². The molecule has 28 heavy (non-hydrogen) atoms. The largest absolute Gasteiger partial charge is 0.465 e. The Labute approximate surface area is 163 Å². The summed E-state index contributed by atoms with van der Waals surface area (Å²) in [5.74, 6) is -0.850. The molecule has 0 radical (unpaired) electrons. The minimum atomic E-state index is -0.889. The molecule has 0 unspecified atom stereocenters. The molecule has 2 fully saturated rings. The van der Waals surface area contributed by atoms with E-state index in [1.54, 1.807) is 9.80 Å². The molecule has 1 aromatic heterocycles. The van der Waals surface area contributed by atoms with Crippen LogP contribution in [-0.2, 0) is 9.53 Å². The molecule has 9 nitrogen and oxygen atoms in total. The number of esters is 1. The zero-order chi connectivity index (χ0) is 20.5. The molecule has 0 bridgehead atoms. The second-order valence-electron chi connectivity index (χ2n) is 7.51. The lowest BCUT2D eigenvalue weighted by atomic mass is 9.85. The van der Waals surface area contributed by atoms with Gasteiger partial charge < -0.3 is 14.5 Å². The average molecular weight is 388 g/mol. The lowest BCUT2D eigenvalue weighted by molar-refractivity contribution is -0.129. The summed E-state index contributed by atoms with van der Waals surface area (Å²) in [6.45, 7) is 5.16. The maximum absolute atomic E-state index is 12.7. The molecule has 1 N–H and O–H groups in total. The molecule has 150 valence electrons. The monoisotopic (exact) mass is 388 g/mol. The van der Waals surface area contributed by atoms with Crippen molar-refractivity contribution in [2.45, 2.75) is 32.2 Å². The molecule has 3 rings (SSSR count). The number of urea groups is 1. The molecular formula is C19H24N4O5. The van der Waals surface area contributed by atoms with Crippen molar-refractivity contribution >= 4 is 23.8 Å². The van der Waals surface area contributed by atoms with Gasteiger partial charge in [-0.2, -0.15) is 0 Å². The molecule has 3 heterocycles. The molecule has 9 heteroatoms. The van der Waals surface area contributed by atoms with Crippen molar-refractivity contribution in [2.75, 3.05) is 26.7 Å². The van der Waals surface area contributed by atoms with Crippen molar-refractivity contribution in [2.24, 2.45) is 5.92 Å². The van der Waals surface area contributed by atoms with Crippen LogP contribution in [-0.4, -0.2) is 70.9 Å². The van der Waals surface area contributed by atoms with Gasteiger partial charge in [0.1, 0.15) is 11.2 Å². The highest BCUT2D eigenvalue weighted by Gasteiger charge is 2.54. The van der Waals surface area contributed by atoms with Crippen LogP contribution in [0.2, 0.25) is 0 Å². The fourth-order valence-electron chi connectivity index (χ4n) is 3.72. The predicted molar refractivity (Wildman–Crippen MR) is 98.5 cm³/mol. The molecule has 0 saturated carbocycles. The van der Waals surface area contributed by atoms with Crippen molar-refractivity contribution in [3.63, 3.8) is 0 Å². The summed E-state index contributed by atoms with van der Waals surface area (Å²) in [5.41, 5.74) is -0.406. The number of methoxy groups -OCH3 is 1. The van der Waals surface area contributed by atoms with Gasteiger partial charge in [-0.25, -0.2) is 9.59 Å². The number of aromatic nitrogens is 1.